The maximum atomic E-state index is 5.51. The molecule has 0 atom stereocenters. The molecule has 4 nitrogen and oxygen atoms in total. The molecule has 0 bridgehead atoms. The Labute approximate surface area is 172 Å². The van der Waals surface area contributed by atoms with Crippen molar-refractivity contribution in [3.63, 3.8) is 0 Å². The monoisotopic (exact) mass is 385 g/mol. The van der Waals surface area contributed by atoms with Crippen molar-refractivity contribution in [1.82, 2.24) is 14.5 Å². The van der Waals surface area contributed by atoms with E-state index in [1.807, 2.05) is 31.6 Å². The van der Waals surface area contributed by atoms with Gasteiger partial charge in [0.25, 0.3) is 0 Å². The quantitative estimate of drug-likeness (QED) is 0.417. The van der Waals surface area contributed by atoms with E-state index in [0.717, 1.165) is 42.7 Å². The molecule has 4 heteroatoms. The van der Waals surface area contributed by atoms with Crippen LogP contribution in [0.5, 0.6) is 5.75 Å². The van der Waals surface area contributed by atoms with Crippen LogP contribution in [0, 0.1) is 0 Å². The topological polar surface area (TPSA) is 39.9 Å². The lowest BCUT2D eigenvalue weighted by molar-refractivity contribution is 0.340. The average molecular weight is 386 g/mol. The highest BCUT2D eigenvalue weighted by molar-refractivity contribution is 5.71. The van der Waals surface area contributed by atoms with E-state index in [4.69, 9.17) is 9.72 Å². The second kappa shape index (κ2) is 8.91. The first-order chi connectivity index (χ1) is 14.2. The van der Waals surface area contributed by atoms with Crippen LogP contribution in [0.1, 0.15) is 36.1 Å². The normalized spacial score (nSPS) is 11.1. The lowest BCUT2D eigenvalue weighted by atomic mass is 10.0. The molecule has 29 heavy (non-hydrogen) atoms. The van der Waals surface area contributed by atoms with Crippen LogP contribution >= 0.6 is 0 Å². The van der Waals surface area contributed by atoms with Crippen LogP contribution in [0.3, 0.4) is 0 Å². The second-order valence-corrected chi connectivity index (χ2v) is 7.31. The molecular weight excluding hydrogens is 358 g/mol. The van der Waals surface area contributed by atoms with E-state index in [1.165, 1.54) is 22.3 Å². The van der Waals surface area contributed by atoms with Crippen molar-refractivity contribution in [3.8, 4) is 5.75 Å². The van der Waals surface area contributed by atoms with Crippen LogP contribution in [0.15, 0.2) is 67.1 Å². The number of nitrogens with zero attached hydrogens (tertiary/aromatic N) is 3. The van der Waals surface area contributed by atoms with Crippen molar-refractivity contribution in [2.45, 2.75) is 39.7 Å². The third-order valence-corrected chi connectivity index (χ3v) is 5.23. The number of ether oxygens (including phenoxy) is 1. The van der Waals surface area contributed by atoms with Crippen LogP contribution in [0.2, 0.25) is 0 Å². The highest BCUT2D eigenvalue weighted by Crippen LogP contribution is 2.17. The molecule has 0 spiro atoms. The summed E-state index contributed by atoms with van der Waals surface area (Å²) in [4.78, 5) is 9.28. The molecule has 2 aromatic carbocycles. The fourth-order valence-electron chi connectivity index (χ4n) is 3.53. The fraction of sp³-hybridized carbons (Fsp3) is 0.280. The van der Waals surface area contributed by atoms with E-state index in [9.17, 15) is 0 Å². The predicted molar refractivity (Wildman–Crippen MR) is 117 cm³/mol. The molecular formula is C25H27N3O. The second-order valence-electron chi connectivity index (χ2n) is 7.31. The zero-order valence-corrected chi connectivity index (χ0v) is 17.1. The van der Waals surface area contributed by atoms with Gasteiger partial charge in [-0.1, -0.05) is 43.3 Å². The molecule has 2 aromatic heterocycles. The zero-order chi connectivity index (χ0) is 20.1. The van der Waals surface area contributed by atoms with Crippen LogP contribution in [-0.2, 0) is 25.8 Å². The van der Waals surface area contributed by atoms with Gasteiger partial charge < -0.3 is 9.30 Å². The van der Waals surface area contributed by atoms with Gasteiger partial charge in [-0.05, 0) is 66.6 Å². The molecule has 0 radical (unpaired) electrons. The highest BCUT2D eigenvalue weighted by atomic mass is 16.5. The number of rotatable bonds is 8. The lowest BCUT2D eigenvalue weighted by Crippen LogP contribution is -2.00. The largest absolute Gasteiger partial charge is 0.494 e. The average Bonchev–Trinajstić information content (AvgIpc) is 3.16. The number of hydrogen-bond donors (Lipinski definition) is 0. The SMILES string of the molecule is CCOc1ccc(Cn2cnc3cc(CCc4ccc(CC)cc4)cnc32)cc1. The Morgan fingerprint density at radius 2 is 1.48 bits per heavy atom. The fourth-order valence-corrected chi connectivity index (χ4v) is 3.53. The van der Waals surface area contributed by atoms with Crippen LogP contribution in [0.4, 0.5) is 0 Å². The van der Waals surface area contributed by atoms with Crippen molar-refractivity contribution >= 4 is 11.2 Å². The molecule has 0 aliphatic heterocycles. The summed E-state index contributed by atoms with van der Waals surface area (Å²) in [7, 11) is 0. The first-order valence-electron chi connectivity index (χ1n) is 10.3. The molecule has 148 valence electrons. The molecule has 0 aliphatic carbocycles. The van der Waals surface area contributed by atoms with Gasteiger partial charge in [-0.25, -0.2) is 9.97 Å². The number of benzene rings is 2. The highest BCUT2D eigenvalue weighted by Gasteiger charge is 2.07. The van der Waals surface area contributed by atoms with Crippen molar-refractivity contribution < 1.29 is 4.74 Å². The third-order valence-electron chi connectivity index (χ3n) is 5.23. The van der Waals surface area contributed by atoms with E-state index < -0.39 is 0 Å². The summed E-state index contributed by atoms with van der Waals surface area (Å²) in [6.07, 6.45) is 6.94. The van der Waals surface area contributed by atoms with Crippen molar-refractivity contribution in [3.05, 3.63) is 89.4 Å². The van der Waals surface area contributed by atoms with Gasteiger partial charge in [0.05, 0.1) is 19.5 Å². The Balaban J connectivity index is 1.43. The van der Waals surface area contributed by atoms with Crippen molar-refractivity contribution in [2.75, 3.05) is 6.61 Å². The smallest absolute Gasteiger partial charge is 0.160 e. The van der Waals surface area contributed by atoms with Gasteiger partial charge in [0.2, 0.25) is 0 Å². The first kappa shape index (κ1) is 19.2. The Morgan fingerprint density at radius 3 is 2.21 bits per heavy atom. The Kier molecular flexibility index (Phi) is 5.89. The van der Waals surface area contributed by atoms with E-state index in [2.05, 4.69) is 58.9 Å². The molecule has 0 amide bonds. The molecule has 0 saturated heterocycles. The third kappa shape index (κ3) is 4.65. The molecule has 2 heterocycles. The van der Waals surface area contributed by atoms with E-state index >= 15 is 0 Å². The summed E-state index contributed by atoms with van der Waals surface area (Å²) in [6.45, 7) is 5.61. The first-order valence-corrected chi connectivity index (χ1v) is 10.3. The predicted octanol–water partition coefficient (Wildman–Crippen LogP) is 5.23. The van der Waals surface area contributed by atoms with E-state index in [1.54, 1.807) is 0 Å². The zero-order valence-electron chi connectivity index (χ0n) is 17.1. The van der Waals surface area contributed by atoms with Gasteiger partial charge in [-0.2, -0.15) is 0 Å². The molecule has 4 aromatic rings. The minimum Gasteiger partial charge on any atom is -0.494 e. The minimum atomic E-state index is 0.682. The van der Waals surface area contributed by atoms with Gasteiger partial charge in [0.15, 0.2) is 5.65 Å². The van der Waals surface area contributed by atoms with E-state index in [-0.39, 0.29) is 0 Å². The van der Waals surface area contributed by atoms with Crippen molar-refractivity contribution in [2.24, 2.45) is 0 Å². The molecule has 0 unspecified atom stereocenters. The Hall–Kier alpha value is -3.14. The van der Waals surface area contributed by atoms with Gasteiger partial charge >= 0.3 is 0 Å². The van der Waals surface area contributed by atoms with Gasteiger partial charge in [0.1, 0.15) is 11.3 Å². The molecule has 0 aliphatic rings. The molecule has 0 saturated carbocycles. The number of pyridine rings is 1. The summed E-state index contributed by atoms with van der Waals surface area (Å²) in [5, 5.41) is 0. The number of hydrogen-bond acceptors (Lipinski definition) is 3. The summed E-state index contributed by atoms with van der Waals surface area (Å²) >= 11 is 0. The summed E-state index contributed by atoms with van der Waals surface area (Å²) in [5.41, 5.74) is 7.06. The summed E-state index contributed by atoms with van der Waals surface area (Å²) in [6, 6.07) is 19.3. The number of aromatic nitrogens is 3. The Morgan fingerprint density at radius 1 is 0.793 bits per heavy atom. The minimum absolute atomic E-state index is 0.682. The maximum Gasteiger partial charge on any atom is 0.160 e. The van der Waals surface area contributed by atoms with Gasteiger partial charge in [-0.15, -0.1) is 0 Å². The standard InChI is InChI=1S/C25H27N3O/c1-3-19-5-7-20(8-6-19)9-10-22-15-24-25(26-16-22)28(18-27-24)17-21-11-13-23(14-12-21)29-4-2/h5-8,11-16,18H,3-4,9-10,17H2,1-2H3. The number of fused-ring (bicyclic) bond motifs is 1. The molecule has 0 N–H and O–H groups in total. The van der Waals surface area contributed by atoms with Gasteiger partial charge in [0, 0.05) is 6.20 Å². The number of aryl methyl sites for hydroxylation is 3. The molecule has 0 fully saturated rings. The van der Waals surface area contributed by atoms with E-state index in [0.29, 0.717) is 6.61 Å². The summed E-state index contributed by atoms with van der Waals surface area (Å²) in [5.74, 6) is 0.902. The lowest BCUT2D eigenvalue weighted by Gasteiger charge is -2.07. The summed E-state index contributed by atoms with van der Waals surface area (Å²) < 4.78 is 7.61. The number of imidazole rings is 1. The maximum absolute atomic E-state index is 5.51. The Bertz CT molecular complexity index is 1070. The van der Waals surface area contributed by atoms with Gasteiger partial charge in [-0.3, -0.25) is 0 Å². The molecule has 4 rings (SSSR count). The van der Waals surface area contributed by atoms with Crippen LogP contribution in [-0.4, -0.2) is 21.1 Å². The van der Waals surface area contributed by atoms with Crippen LogP contribution in [0.25, 0.3) is 11.2 Å². The van der Waals surface area contributed by atoms with Crippen LogP contribution < -0.4 is 4.74 Å². The van der Waals surface area contributed by atoms with Crippen molar-refractivity contribution in [1.29, 1.82) is 0 Å².